The largest absolute Gasteiger partial charge is 0.480 e. The molecule has 0 aliphatic carbocycles. The number of carboxylic acids is 1. The number of nitrogens with zero attached hydrogens (tertiary/aromatic N) is 8. The van der Waals surface area contributed by atoms with Crippen LogP contribution in [0, 0.1) is 47.3 Å². The quantitative estimate of drug-likeness (QED) is 0.0560. The third kappa shape index (κ3) is 22.6. The lowest BCUT2D eigenvalue weighted by Gasteiger charge is -2.42. The summed E-state index contributed by atoms with van der Waals surface area (Å²) in [6.45, 7) is 32.1. The molecule has 12 amide bonds. The number of benzene rings is 1. The second kappa shape index (κ2) is 38.8. The number of likely N-dealkylation sites (N-methyl/N-ethyl adjacent to an activating group) is 7. The summed E-state index contributed by atoms with van der Waals surface area (Å²) in [7, 11) is 10.2. The molecule has 14 atom stereocenters. The molecule has 99 heavy (non-hydrogen) atoms. The smallest absolute Gasteiger partial charge is 0.326 e. The zero-order chi connectivity index (χ0) is 76.4. The Labute approximate surface area is 588 Å². The van der Waals surface area contributed by atoms with E-state index in [0.29, 0.717) is 18.4 Å². The van der Waals surface area contributed by atoms with E-state index >= 15 is 24.0 Å². The normalized spacial score (nSPS) is 17.2. The number of aliphatic hydroxyl groups excluding tert-OH is 1. The van der Waals surface area contributed by atoms with Gasteiger partial charge in [-0.3, -0.25) is 57.5 Å². The lowest BCUT2D eigenvalue weighted by Crippen LogP contribution is -2.64. The number of hydrogen-bond donors (Lipinski definition) is 6. The highest BCUT2D eigenvalue weighted by atomic mass is 16.4. The number of aliphatic carboxylic acids is 1. The van der Waals surface area contributed by atoms with Crippen LogP contribution in [0.2, 0.25) is 0 Å². The van der Waals surface area contributed by atoms with E-state index in [1.54, 1.807) is 114 Å². The summed E-state index contributed by atoms with van der Waals surface area (Å²) < 4.78 is 0. The molecule has 0 saturated carbocycles. The van der Waals surface area contributed by atoms with E-state index in [-0.39, 0.29) is 37.6 Å². The predicted octanol–water partition coefficient (Wildman–Crippen LogP) is 3.48. The zero-order valence-electron chi connectivity index (χ0n) is 64.0. The molecule has 1 heterocycles. The van der Waals surface area contributed by atoms with Gasteiger partial charge in [0.1, 0.15) is 72.5 Å². The molecule has 1 aromatic rings. The van der Waals surface area contributed by atoms with E-state index in [0.717, 1.165) is 0 Å². The van der Waals surface area contributed by atoms with Gasteiger partial charge in [-0.1, -0.05) is 148 Å². The first-order chi connectivity index (χ1) is 45.7. The number of carbonyl (C=O) groups is 13. The minimum atomic E-state index is -1.66. The van der Waals surface area contributed by atoms with Gasteiger partial charge in [0.15, 0.2) is 0 Å². The van der Waals surface area contributed by atoms with Gasteiger partial charge in [0, 0.05) is 69.2 Å². The van der Waals surface area contributed by atoms with Crippen LogP contribution in [0.5, 0.6) is 0 Å². The van der Waals surface area contributed by atoms with Crippen LogP contribution in [0.1, 0.15) is 163 Å². The summed E-state index contributed by atoms with van der Waals surface area (Å²) in [5, 5.41) is 31.7. The molecule has 0 aromatic heterocycles. The Balaban J connectivity index is 2.52. The van der Waals surface area contributed by atoms with Crippen LogP contribution in [0.25, 0.3) is 0 Å². The maximum Gasteiger partial charge on any atom is 0.326 e. The lowest BCUT2D eigenvalue weighted by molar-refractivity contribution is -0.158. The molecule has 27 heteroatoms. The Kier molecular flexibility index (Phi) is 34.2. The van der Waals surface area contributed by atoms with E-state index in [1.165, 1.54) is 109 Å². The number of hydrogen-bond acceptors (Lipinski definition) is 14. The maximum atomic E-state index is 15.2. The monoisotopic (exact) mass is 1390 g/mol. The first-order valence-electron chi connectivity index (χ1n) is 35.0. The summed E-state index contributed by atoms with van der Waals surface area (Å²) in [5.41, 5.74) is 0.697. The lowest BCUT2D eigenvalue weighted by atomic mass is 9.93. The van der Waals surface area contributed by atoms with Crippen molar-refractivity contribution in [3.8, 4) is 0 Å². The average molecular weight is 1400 g/mol. The Bertz CT molecular complexity index is 2960. The highest BCUT2D eigenvalue weighted by Gasteiger charge is 2.48. The molecule has 2 rings (SSSR count). The number of carboxylic acid groups (broad SMARTS) is 1. The van der Waals surface area contributed by atoms with Gasteiger partial charge >= 0.3 is 5.97 Å². The third-order valence-electron chi connectivity index (χ3n) is 19.3. The number of nitrogens with one attached hydrogen (secondary N) is 4. The van der Waals surface area contributed by atoms with Crippen LogP contribution >= 0.6 is 0 Å². The van der Waals surface area contributed by atoms with E-state index in [1.807, 2.05) is 26.8 Å². The number of carbonyl (C=O) groups excluding carboxylic acids is 12. The van der Waals surface area contributed by atoms with Crippen molar-refractivity contribution in [1.82, 2.24) is 60.5 Å². The van der Waals surface area contributed by atoms with Gasteiger partial charge in [-0.25, -0.2) is 4.79 Å². The summed E-state index contributed by atoms with van der Waals surface area (Å²) in [5.74, 6) is -12.7. The topological polar surface area (TPSA) is 336 Å². The van der Waals surface area contributed by atoms with Crippen molar-refractivity contribution in [2.75, 3.05) is 55.9 Å². The SMILES string of the molecule is CCC(C)C(C(=O)NC(CC(C)C)C(=O)O)N(C)C(=O)C(Cc1ccccc1)N(C)C(=O)C(C(C)C)N(C)C(=O)C(C(C)C)N(C)C(=O)C1CCCN1C(=O)C(C(C)C)N(C)C(=O)C(NC(=O)C(NC(=O)C(NC(=O)C(C(C)C)N(C)C(=O)C(C)N(C)C(C)=O)C(C)C)C(C)O)C(C)C. The first-order valence-corrected chi connectivity index (χ1v) is 35.0. The summed E-state index contributed by atoms with van der Waals surface area (Å²) >= 11 is 0. The fraction of sp³-hybridized carbons (Fsp3) is 0.736. The van der Waals surface area contributed by atoms with E-state index in [4.69, 9.17) is 0 Å². The highest BCUT2D eigenvalue weighted by molar-refractivity contribution is 6.00. The van der Waals surface area contributed by atoms with Crippen molar-refractivity contribution in [2.45, 2.75) is 242 Å². The zero-order valence-corrected chi connectivity index (χ0v) is 64.0. The Morgan fingerprint density at radius 1 is 0.485 bits per heavy atom. The van der Waals surface area contributed by atoms with Crippen LogP contribution in [0.15, 0.2) is 30.3 Å². The molecule has 560 valence electrons. The van der Waals surface area contributed by atoms with Crippen LogP contribution in [-0.4, -0.2) is 261 Å². The van der Waals surface area contributed by atoms with E-state index < -0.39 is 191 Å². The molecule has 0 radical (unpaired) electrons. The minimum Gasteiger partial charge on any atom is -0.480 e. The van der Waals surface area contributed by atoms with Crippen molar-refractivity contribution in [3.63, 3.8) is 0 Å². The fourth-order valence-corrected chi connectivity index (χ4v) is 13.2. The van der Waals surface area contributed by atoms with Gasteiger partial charge in [-0.15, -0.1) is 0 Å². The van der Waals surface area contributed by atoms with Gasteiger partial charge in [0.05, 0.1) is 6.10 Å². The number of aliphatic hydroxyl groups is 1. The Hall–Kier alpha value is -7.71. The third-order valence-corrected chi connectivity index (χ3v) is 19.3. The van der Waals surface area contributed by atoms with Crippen molar-refractivity contribution in [2.24, 2.45) is 47.3 Å². The molecular formula is C72H122N12O15. The fourth-order valence-electron chi connectivity index (χ4n) is 13.2. The molecule has 1 aliphatic heterocycles. The summed E-state index contributed by atoms with van der Waals surface area (Å²) in [6.07, 6.45) is -0.320. The standard InChI is InChI=1S/C72H122N12O15/c1-27-45(16)60(64(90)73-50(72(98)99)36-38(2)3)83(26)67(93)52(37-49-32-29-28-30-33-49)78(21)69(95)57(42(10)11)82(25)70(96)58(43(12)13)80(23)66(92)51-34-31-35-84(51)71(97)59(44(14)15)81(24)68(94)54(40(6)7)75-62(88)55(47(18)85)76-61(87)53(39(4)5)74-63(89)56(41(8)9)79(22)65(91)46(17)77(20)48(19)86/h28-30,32-33,38-47,50-60,85H,27,31,34-37H2,1-26H3,(H,73,90)(H,74,89)(H,75,88)(H,76,87)(H,98,99). The van der Waals surface area contributed by atoms with E-state index in [2.05, 4.69) is 21.3 Å². The molecule has 27 nitrogen and oxygen atoms in total. The van der Waals surface area contributed by atoms with Crippen molar-refractivity contribution in [3.05, 3.63) is 35.9 Å². The van der Waals surface area contributed by atoms with Gasteiger partial charge in [-0.2, -0.15) is 0 Å². The number of amides is 12. The van der Waals surface area contributed by atoms with Gasteiger partial charge in [0.2, 0.25) is 70.9 Å². The van der Waals surface area contributed by atoms with Crippen LogP contribution in [-0.2, 0) is 68.7 Å². The molecule has 0 spiro atoms. The molecule has 6 N–H and O–H groups in total. The highest BCUT2D eigenvalue weighted by Crippen LogP contribution is 2.29. The Morgan fingerprint density at radius 2 is 0.919 bits per heavy atom. The predicted molar refractivity (Wildman–Crippen MR) is 377 cm³/mol. The average Bonchev–Trinajstić information content (AvgIpc) is 1.45. The molecule has 1 aromatic carbocycles. The Morgan fingerprint density at radius 3 is 1.37 bits per heavy atom. The number of rotatable bonds is 36. The van der Waals surface area contributed by atoms with Crippen LogP contribution < -0.4 is 21.3 Å². The summed E-state index contributed by atoms with van der Waals surface area (Å²) in [6, 6.07) is -5.50. The minimum absolute atomic E-state index is 0.0131. The van der Waals surface area contributed by atoms with Crippen molar-refractivity contribution < 1.29 is 72.5 Å². The molecule has 1 saturated heterocycles. The number of likely N-dealkylation sites (tertiary alicyclic amines) is 1. The van der Waals surface area contributed by atoms with Crippen LogP contribution in [0.3, 0.4) is 0 Å². The summed E-state index contributed by atoms with van der Waals surface area (Å²) in [4.78, 5) is 195. The molecule has 0 bridgehead atoms. The second-order valence-electron chi connectivity index (χ2n) is 29.7. The maximum absolute atomic E-state index is 15.2. The van der Waals surface area contributed by atoms with Crippen molar-refractivity contribution >= 4 is 76.9 Å². The molecule has 1 fully saturated rings. The van der Waals surface area contributed by atoms with E-state index in [9.17, 15) is 48.6 Å². The van der Waals surface area contributed by atoms with Gasteiger partial charge < -0.3 is 70.7 Å². The second-order valence-corrected chi connectivity index (χ2v) is 29.7. The van der Waals surface area contributed by atoms with Crippen molar-refractivity contribution in [1.29, 1.82) is 0 Å². The first kappa shape index (κ1) is 87.4. The molecular weight excluding hydrogens is 1270 g/mol. The molecule has 1 aliphatic rings. The van der Waals surface area contributed by atoms with Gasteiger partial charge in [0.25, 0.3) is 0 Å². The van der Waals surface area contributed by atoms with Crippen LogP contribution in [0.4, 0.5) is 0 Å². The van der Waals surface area contributed by atoms with Gasteiger partial charge in [-0.05, 0) is 86.0 Å². The molecule has 14 unspecified atom stereocenters.